The monoisotopic (exact) mass is 338 g/mol. The number of nitro benzene ring substituents is 1. The van der Waals surface area contributed by atoms with Gasteiger partial charge in [-0.1, -0.05) is 15.9 Å². The summed E-state index contributed by atoms with van der Waals surface area (Å²) in [4.78, 5) is 14.6. The zero-order chi connectivity index (χ0) is 14.4. The maximum Gasteiger partial charge on any atom is 0.293 e. The van der Waals surface area contributed by atoms with Gasteiger partial charge in [-0.3, -0.25) is 10.1 Å². The Morgan fingerprint density at radius 2 is 2.25 bits per heavy atom. The summed E-state index contributed by atoms with van der Waals surface area (Å²) in [5.41, 5.74) is 0.648. The number of rotatable bonds is 7. The number of imidazole rings is 1. The molecule has 0 aliphatic rings. The largest absolute Gasteiger partial charge is 0.379 e. The van der Waals surface area contributed by atoms with Gasteiger partial charge in [0.15, 0.2) is 0 Å². The second-order valence-electron chi connectivity index (χ2n) is 4.35. The van der Waals surface area contributed by atoms with Gasteiger partial charge in [-0.05, 0) is 25.0 Å². The number of hydrogen-bond donors (Lipinski definition) is 1. The first-order valence-corrected chi connectivity index (χ1v) is 7.09. The molecule has 0 unspecified atom stereocenters. The molecule has 2 rings (SSSR count). The number of nitro groups is 1. The van der Waals surface area contributed by atoms with Crippen LogP contribution >= 0.6 is 15.9 Å². The van der Waals surface area contributed by atoms with Crippen LogP contribution in [0.2, 0.25) is 0 Å². The van der Waals surface area contributed by atoms with Gasteiger partial charge in [-0.2, -0.15) is 0 Å². The van der Waals surface area contributed by atoms with Crippen LogP contribution in [0.4, 0.5) is 11.4 Å². The molecule has 2 aromatic rings. The van der Waals surface area contributed by atoms with Crippen molar-refractivity contribution in [2.45, 2.75) is 19.4 Å². The highest BCUT2D eigenvalue weighted by molar-refractivity contribution is 9.10. The highest BCUT2D eigenvalue weighted by Crippen LogP contribution is 2.27. The summed E-state index contributed by atoms with van der Waals surface area (Å²) in [6, 6.07) is 5.02. The van der Waals surface area contributed by atoms with Gasteiger partial charge in [-0.15, -0.1) is 0 Å². The van der Waals surface area contributed by atoms with Crippen LogP contribution in [0.25, 0.3) is 0 Å². The molecule has 0 radical (unpaired) electrons. The van der Waals surface area contributed by atoms with Gasteiger partial charge < -0.3 is 9.88 Å². The molecule has 1 aromatic carbocycles. The quantitative estimate of drug-likeness (QED) is 0.476. The molecule has 1 N–H and O–H groups in total. The lowest BCUT2D eigenvalue weighted by Gasteiger charge is -2.07. The topological polar surface area (TPSA) is 73.0 Å². The van der Waals surface area contributed by atoms with Gasteiger partial charge in [0.25, 0.3) is 5.69 Å². The van der Waals surface area contributed by atoms with Crippen molar-refractivity contribution < 1.29 is 4.92 Å². The number of halogens is 1. The van der Waals surface area contributed by atoms with Crippen molar-refractivity contribution in [1.82, 2.24) is 9.55 Å². The predicted molar refractivity (Wildman–Crippen MR) is 80.7 cm³/mol. The summed E-state index contributed by atoms with van der Waals surface area (Å²) in [5, 5.41) is 14.1. The summed E-state index contributed by atoms with van der Waals surface area (Å²) in [7, 11) is 0. The Morgan fingerprint density at radius 3 is 2.95 bits per heavy atom. The smallest absolute Gasteiger partial charge is 0.293 e. The first-order chi connectivity index (χ1) is 9.66. The Morgan fingerprint density at radius 1 is 1.40 bits per heavy atom. The Labute approximate surface area is 125 Å². The van der Waals surface area contributed by atoms with Crippen molar-refractivity contribution in [3.05, 3.63) is 51.5 Å². The lowest BCUT2D eigenvalue weighted by molar-refractivity contribution is -0.384. The van der Waals surface area contributed by atoms with Crippen LogP contribution in [0.5, 0.6) is 0 Å². The van der Waals surface area contributed by atoms with E-state index in [1.807, 2.05) is 10.8 Å². The van der Waals surface area contributed by atoms with Crippen molar-refractivity contribution in [3.8, 4) is 0 Å². The van der Waals surface area contributed by atoms with Crippen LogP contribution in [-0.2, 0) is 6.54 Å². The van der Waals surface area contributed by atoms with E-state index in [1.54, 1.807) is 24.7 Å². The van der Waals surface area contributed by atoms with Gasteiger partial charge >= 0.3 is 0 Å². The first-order valence-electron chi connectivity index (χ1n) is 6.30. The van der Waals surface area contributed by atoms with Crippen LogP contribution in [0.3, 0.4) is 0 Å². The first kappa shape index (κ1) is 14.5. The maximum absolute atomic E-state index is 11.0. The summed E-state index contributed by atoms with van der Waals surface area (Å²) < 4.78 is 2.72. The minimum Gasteiger partial charge on any atom is -0.379 e. The second-order valence-corrected chi connectivity index (χ2v) is 5.27. The predicted octanol–water partition coefficient (Wildman–Crippen LogP) is 3.45. The molecule has 0 aliphatic carbocycles. The van der Waals surface area contributed by atoms with Crippen molar-refractivity contribution >= 4 is 27.3 Å². The molecule has 6 nitrogen and oxygen atoms in total. The number of nitrogens with one attached hydrogen (secondary N) is 1. The van der Waals surface area contributed by atoms with Crippen LogP contribution in [0.1, 0.15) is 12.8 Å². The molecule has 0 saturated carbocycles. The number of nitrogens with zero attached hydrogens (tertiary/aromatic N) is 3. The number of unbranched alkanes of at least 4 members (excludes halogenated alkanes) is 1. The fraction of sp³-hybridized carbons (Fsp3) is 0.308. The van der Waals surface area contributed by atoms with Gasteiger partial charge in [-0.25, -0.2) is 4.98 Å². The third-order valence-electron chi connectivity index (χ3n) is 2.87. The Kier molecular flexibility index (Phi) is 5.11. The molecule has 7 heteroatoms. The van der Waals surface area contributed by atoms with Crippen LogP contribution in [0.15, 0.2) is 41.4 Å². The van der Waals surface area contributed by atoms with E-state index in [0.717, 1.165) is 19.4 Å². The van der Waals surface area contributed by atoms with Gasteiger partial charge in [0.2, 0.25) is 0 Å². The molecule has 0 atom stereocenters. The molecule has 0 amide bonds. The van der Waals surface area contributed by atoms with Crippen LogP contribution in [-0.4, -0.2) is 21.0 Å². The summed E-state index contributed by atoms with van der Waals surface area (Å²) in [6.45, 7) is 1.61. The van der Waals surface area contributed by atoms with E-state index in [9.17, 15) is 10.1 Å². The second kappa shape index (κ2) is 7.04. The molecule has 0 aliphatic heterocycles. The third-order valence-corrected chi connectivity index (χ3v) is 3.37. The Balaban J connectivity index is 1.80. The van der Waals surface area contributed by atoms with Gasteiger partial charge in [0.05, 0.1) is 11.3 Å². The summed E-state index contributed by atoms with van der Waals surface area (Å²) in [6.07, 6.45) is 7.39. The highest BCUT2D eigenvalue weighted by atomic mass is 79.9. The van der Waals surface area contributed by atoms with Crippen molar-refractivity contribution in [1.29, 1.82) is 0 Å². The lowest BCUT2D eigenvalue weighted by atomic mass is 10.2. The highest BCUT2D eigenvalue weighted by Gasteiger charge is 2.13. The van der Waals surface area contributed by atoms with E-state index in [-0.39, 0.29) is 10.6 Å². The number of benzene rings is 1. The number of aryl methyl sites for hydroxylation is 1. The summed E-state index contributed by atoms with van der Waals surface area (Å²) in [5.74, 6) is 0. The number of anilines is 1. The SMILES string of the molecule is O=[N+]([O-])c1cc(Br)ccc1NCCCCn1ccnc1. The minimum absolute atomic E-state index is 0.0917. The average molecular weight is 339 g/mol. The normalized spacial score (nSPS) is 10.4. The molecule has 106 valence electrons. The molecule has 0 saturated heterocycles. The van der Waals surface area contributed by atoms with Crippen molar-refractivity contribution in [2.75, 3.05) is 11.9 Å². The molecular weight excluding hydrogens is 324 g/mol. The number of aromatic nitrogens is 2. The van der Waals surface area contributed by atoms with E-state index in [2.05, 4.69) is 26.2 Å². The molecular formula is C13H15BrN4O2. The fourth-order valence-corrected chi connectivity index (χ4v) is 2.22. The fourth-order valence-electron chi connectivity index (χ4n) is 1.87. The maximum atomic E-state index is 11.0. The van der Waals surface area contributed by atoms with E-state index in [0.29, 0.717) is 16.7 Å². The lowest BCUT2D eigenvalue weighted by Crippen LogP contribution is -2.05. The summed E-state index contributed by atoms with van der Waals surface area (Å²) >= 11 is 3.24. The Bertz CT molecular complexity index is 572. The standard InChI is InChI=1S/C13H15BrN4O2/c14-11-3-4-12(13(9-11)18(19)20)16-5-1-2-7-17-8-6-15-10-17/h3-4,6,8-10,16H,1-2,5,7H2. The van der Waals surface area contributed by atoms with Crippen molar-refractivity contribution in [3.63, 3.8) is 0 Å². The van der Waals surface area contributed by atoms with Crippen molar-refractivity contribution in [2.24, 2.45) is 0 Å². The Hall–Kier alpha value is -1.89. The molecule has 20 heavy (non-hydrogen) atoms. The molecule has 1 heterocycles. The zero-order valence-electron chi connectivity index (χ0n) is 10.8. The minimum atomic E-state index is -0.376. The number of hydrogen-bond acceptors (Lipinski definition) is 4. The third kappa shape index (κ3) is 4.06. The molecule has 0 spiro atoms. The van der Waals surface area contributed by atoms with E-state index >= 15 is 0 Å². The van der Waals surface area contributed by atoms with E-state index in [4.69, 9.17) is 0 Å². The zero-order valence-corrected chi connectivity index (χ0v) is 12.4. The molecule has 1 aromatic heterocycles. The van der Waals surface area contributed by atoms with E-state index < -0.39 is 0 Å². The van der Waals surface area contributed by atoms with Gasteiger partial charge in [0.1, 0.15) is 5.69 Å². The average Bonchev–Trinajstić information content (AvgIpc) is 2.92. The van der Waals surface area contributed by atoms with Gasteiger partial charge in [0, 0.05) is 36.0 Å². The molecule has 0 bridgehead atoms. The molecule has 0 fully saturated rings. The van der Waals surface area contributed by atoms with Crippen LogP contribution < -0.4 is 5.32 Å². The van der Waals surface area contributed by atoms with Crippen LogP contribution in [0, 0.1) is 10.1 Å². The van der Waals surface area contributed by atoms with E-state index in [1.165, 1.54) is 6.07 Å².